The van der Waals surface area contributed by atoms with E-state index in [2.05, 4.69) is 41.7 Å². The second-order valence-electron chi connectivity index (χ2n) is 9.74. The molecule has 0 bridgehead atoms. The third-order valence-electron chi connectivity index (χ3n) is 7.66. The fourth-order valence-corrected chi connectivity index (χ4v) is 6.80. The summed E-state index contributed by atoms with van der Waals surface area (Å²) in [7, 11) is 0. The molecule has 4 aliphatic rings. The Bertz CT molecular complexity index is 1270. The lowest BCUT2D eigenvalue weighted by Crippen LogP contribution is -2.48. The molecule has 2 fully saturated rings. The number of rotatable bonds is 6. The van der Waals surface area contributed by atoms with E-state index >= 15 is 0 Å². The van der Waals surface area contributed by atoms with Gasteiger partial charge in [-0.15, -0.1) is 0 Å². The molecule has 38 heavy (non-hydrogen) atoms. The van der Waals surface area contributed by atoms with Crippen LogP contribution in [-0.4, -0.2) is 122 Å². The number of benzene rings is 2. The molecule has 2 saturated heterocycles. The van der Waals surface area contributed by atoms with Crippen molar-refractivity contribution in [3.63, 3.8) is 0 Å². The third-order valence-corrected chi connectivity index (χ3v) is 8.92. The first-order valence-electron chi connectivity index (χ1n) is 12.7. The topological polar surface area (TPSA) is 99.7 Å². The number of morpholine rings is 2. The maximum absolute atomic E-state index is 13.7. The van der Waals surface area contributed by atoms with E-state index in [-0.39, 0.29) is 13.1 Å². The van der Waals surface area contributed by atoms with Crippen LogP contribution in [0.2, 0.25) is 0 Å². The molecule has 0 aromatic heterocycles. The van der Waals surface area contributed by atoms with Crippen molar-refractivity contribution in [1.29, 1.82) is 0 Å². The van der Waals surface area contributed by atoms with Gasteiger partial charge in [0.15, 0.2) is 0 Å². The average molecular weight is 650 g/mol. The Morgan fingerprint density at radius 3 is 1.32 bits per heavy atom. The molecule has 6 rings (SSSR count). The van der Waals surface area contributed by atoms with Gasteiger partial charge in [-0.05, 0) is 44.0 Å². The monoisotopic (exact) mass is 648 g/mol. The van der Waals surface area contributed by atoms with Gasteiger partial charge >= 0.3 is 0 Å². The van der Waals surface area contributed by atoms with Crippen LogP contribution in [0.4, 0.5) is 0 Å². The van der Waals surface area contributed by atoms with E-state index in [0.717, 1.165) is 26.2 Å². The maximum atomic E-state index is 13.7. The van der Waals surface area contributed by atoms with Crippen LogP contribution in [0, 0.1) is 0 Å². The van der Waals surface area contributed by atoms with Crippen molar-refractivity contribution in [2.45, 2.75) is 0 Å². The standard InChI is InChI=1S/C26H26Br2N4O6/c27-17-14-16-20-19-15(23(33)31(25(35)21(17)19)3-1-29-5-9-37-10-6-29)13-18(28)22(20)26(36)32(24(16)34)4-2-30-7-11-38-12-8-30/h13-14H,1-12H2. The van der Waals surface area contributed by atoms with E-state index in [9.17, 15) is 19.2 Å². The van der Waals surface area contributed by atoms with Crippen LogP contribution in [0.5, 0.6) is 0 Å². The zero-order valence-electron chi connectivity index (χ0n) is 20.6. The second-order valence-corrected chi connectivity index (χ2v) is 11.5. The number of halogens is 2. The quantitative estimate of drug-likeness (QED) is 0.440. The number of carbonyl (C=O) groups excluding carboxylic acids is 4. The van der Waals surface area contributed by atoms with Crippen molar-refractivity contribution in [3.05, 3.63) is 43.3 Å². The van der Waals surface area contributed by atoms with Gasteiger partial charge in [0.05, 0.1) is 37.6 Å². The summed E-state index contributed by atoms with van der Waals surface area (Å²) in [5.74, 6) is -1.72. The highest BCUT2D eigenvalue weighted by atomic mass is 79.9. The molecule has 12 heteroatoms. The van der Waals surface area contributed by atoms with Gasteiger partial charge in [0, 0.05) is 83.2 Å². The summed E-state index contributed by atoms with van der Waals surface area (Å²) in [5.41, 5.74) is 1.21. The van der Waals surface area contributed by atoms with Crippen LogP contribution in [0.1, 0.15) is 41.4 Å². The lowest BCUT2D eigenvalue weighted by Gasteiger charge is -2.35. The fraction of sp³-hybridized carbons (Fsp3) is 0.462. The Kier molecular flexibility index (Phi) is 7.12. The molecule has 0 saturated carbocycles. The molecular weight excluding hydrogens is 624 g/mol. The summed E-state index contributed by atoms with van der Waals surface area (Å²) in [6.07, 6.45) is 0. The normalized spacial score (nSPS) is 20.7. The van der Waals surface area contributed by atoms with Crippen molar-refractivity contribution in [3.8, 4) is 0 Å². The molecule has 4 amide bonds. The van der Waals surface area contributed by atoms with Crippen LogP contribution in [-0.2, 0) is 9.47 Å². The number of hydrogen-bond acceptors (Lipinski definition) is 8. The molecule has 0 unspecified atom stereocenters. The molecule has 2 aromatic carbocycles. The van der Waals surface area contributed by atoms with E-state index < -0.39 is 23.6 Å². The van der Waals surface area contributed by atoms with Gasteiger partial charge in [0.1, 0.15) is 0 Å². The number of nitrogens with zero attached hydrogens (tertiary/aromatic N) is 4. The molecule has 0 spiro atoms. The van der Waals surface area contributed by atoms with E-state index in [4.69, 9.17) is 9.47 Å². The van der Waals surface area contributed by atoms with Gasteiger partial charge < -0.3 is 9.47 Å². The molecule has 0 N–H and O–H groups in total. The van der Waals surface area contributed by atoms with Gasteiger partial charge in [-0.2, -0.15) is 0 Å². The Labute approximate surface area is 236 Å². The van der Waals surface area contributed by atoms with Crippen molar-refractivity contribution >= 4 is 66.3 Å². The summed E-state index contributed by atoms with van der Waals surface area (Å²) in [4.78, 5) is 61.4. The van der Waals surface area contributed by atoms with Gasteiger partial charge in [-0.3, -0.25) is 38.8 Å². The van der Waals surface area contributed by atoms with Gasteiger partial charge in [0.25, 0.3) is 23.6 Å². The summed E-state index contributed by atoms with van der Waals surface area (Å²) < 4.78 is 11.6. The summed E-state index contributed by atoms with van der Waals surface area (Å²) in [6, 6.07) is 3.23. The van der Waals surface area contributed by atoms with E-state index in [1.54, 1.807) is 12.1 Å². The first kappa shape index (κ1) is 26.0. The summed E-state index contributed by atoms with van der Waals surface area (Å²) >= 11 is 7.02. The molecular formula is C26H26Br2N4O6. The van der Waals surface area contributed by atoms with E-state index in [1.165, 1.54) is 9.80 Å². The second kappa shape index (κ2) is 10.4. The van der Waals surface area contributed by atoms with Crippen molar-refractivity contribution in [1.82, 2.24) is 19.6 Å². The Morgan fingerprint density at radius 2 is 0.947 bits per heavy atom. The van der Waals surface area contributed by atoms with Crippen LogP contribution in [0.15, 0.2) is 21.1 Å². The van der Waals surface area contributed by atoms with Crippen molar-refractivity contribution in [2.75, 3.05) is 78.8 Å². The van der Waals surface area contributed by atoms with E-state index in [0.29, 0.717) is 81.5 Å². The minimum Gasteiger partial charge on any atom is -0.379 e. The Morgan fingerprint density at radius 1 is 0.579 bits per heavy atom. The lowest BCUT2D eigenvalue weighted by molar-refractivity contribution is 0.0309. The minimum absolute atomic E-state index is 0.235. The zero-order valence-corrected chi connectivity index (χ0v) is 23.8. The first-order chi connectivity index (χ1) is 18.4. The molecule has 4 aliphatic heterocycles. The van der Waals surface area contributed by atoms with Crippen LogP contribution >= 0.6 is 31.9 Å². The molecule has 0 atom stereocenters. The van der Waals surface area contributed by atoms with Crippen LogP contribution < -0.4 is 0 Å². The molecule has 0 radical (unpaired) electrons. The number of carbonyl (C=O) groups is 4. The average Bonchev–Trinajstić information content (AvgIpc) is 2.92. The predicted molar refractivity (Wildman–Crippen MR) is 145 cm³/mol. The predicted octanol–water partition coefficient (Wildman–Crippen LogP) is 2.22. The minimum atomic E-state index is -0.433. The summed E-state index contributed by atoms with van der Waals surface area (Å²) in [6.45, 7) is 7.05. The van der Waals surface area contributed by atoms with Crippen molar-refractivity contribution < 1.29 is 28.7 Å². The summed E-state index contributed by atoms with van der Waals surface area (Å²) in [5, 5.41) is 0.722. The highest BCUT2D eigenvalue weighted by molar-refractivity contribution is 9.10. The highest BCUT2D eigenvalue weighted by Crippen LogP contribution is 2.43. The highest BCUT2D eigenvalue weighted by Gasteiger charge is 2.42. The van der Waals surface area contributed by atoms with Gasteiger partial charge in [-0.25, -0.2) is 0 Å². The molecule has 200 valence electrons. The molecule has 10 nitrogen and oxygen atoms in total. The van der Waals surface area contributed by atoms with Gasteiger partial charge in [0.2, 0.25) is 0 Å². The van der Waals surface area contributed by atoms with Crippen LogP contribution in [0.3, 0.4) is 0 Å². The first-order valence-corrected chi connectivity index (χ1v) is 14.3. The third kappa shape index (κ3) is 4.31. The van der Waals surface area contributed by atoms with E-state index in [1.807, 2.05) is 0 Å². The Hall–Kier alpha value is -2.22. The number of hydrogen-bond donors (Lipinski definition) is 0. The maximum Gasteiger partial charge on any atom is 0.262 e. The van der Waals surface area contributed by atoms with Gasteiger partial charge in [-0.1, -0.05) is 0 Å². The molecule has 2 aromatic rings. The van der Waals surface area contributed by atoms with Crippen molar-refractivity contribution in [2.24, 2.45) is 0 Å². The largest absolute Gasteiger partial charge is 0.379 e. The van der Waals surface area contributed by atoms with Crippen LogP contribution in [0.25, 0.3) is 10.8 Å². The number of imide groups is 2. The Balaban J connectivity index is 1.37. The molecule has 4 heterocycles. The smallest absolute Gasteiger partial charge is 0.262 e. The SMILES string of the molecule is O=C1c2cc(Br)c3c4c(cc(Br)c(c24)C(=O)N1CCN1CCOCC1)C(=O)N(CCN1CCOCC1)C3=O. The number of ether oxygens (including phenoxy) is 2. The fourth-order valence-electron chi connectivity index (χ4n) is 5.61. The zero-order chi connectivity index (χ0) is 26.6. The number of amides is 4. The lowest BCUT2D eigenvalue weighted by atomic mass is 9.86. The molecule has 0 aliphatic carbocycles.